The second-order valence-electron chi connectivity index (χ2n) is 17.6. The van der Waals surface area contributed by atoms with E-state index in [-0.39, 0.29) is 0 Å². The number of fused-ring (bicyclic) bond motifs is 9. The van der Waals surface area contributed by atoms with Gasteiger partial charge in [-0.15, -0.1) is 0 Å². The molecule has 0 bridgehead atoms. The van der Waals surface area contributed by atoms with Gasteiger partial charge in [-0.1, -0.05) is 158 Å². The normalized spacial score (nSPS) is 11.7. The van der Waals surface area contributed by atoms with E-state index in [0.717, 1.165) is 116 Å². The first-order chi connectivity index (χ1) is 34.6. The van der Waals surface area contributed by atoms with Crippen LogP contribution in [0.5, 0.6) is 0 Å². The maximum absolute atomic E-state index is 6.50. The van der Waals surface area contributed by atoms with Gasteiger partial charge in [0.25, 0.3) is 0 Å². The van der Waals surface area contributed by atoms with Crippen LogP contribution in [0.3, 0.4) is 0 Å². The van der Waals surface area contributed by atoms with Crippen molar-refractivity contribution in [2.75, 3.05) is 0 Å². The van der Waals surface area contributed by atoms with E-state index in [4.69, 9.17) is 33.8 Å². The molecule has 0 amide bonds. The first-order valence-electron chi connectivity index (χ1n) is 23.3. The molecular formula is C63H37N5O2. The first-order valence-corrected chi connectivity index (χ1v) is 23.3. The summed E-state index contributed by atoms with van der Waals surface area (Å²) in [5.74, 6) is 2.39. The number of rotatable bonds is 7. The predicted octanol–water partition coefficient (Wildman–Crippen LogP) is 16.4. The van der Waals surface area contributed by atoms with Crippen molar-refractivity contribution in [1.82, 2.24) is 24.9 Å². The molecule has 0 spiro atoms. The minimum Gasteiger partial charge on any atom is -0.456 e. The molecule has 14 aromatic rings. The number of benzene rings is 10. The summed E-state index contributed by atoms with van der Waals surface area (Å²) in [7, 11) is 0. The average Bonchev–Trinajstić information content (AvgIpc) is 4.00. The summed E-state index contributed by atoms with van der Waals surface area (Å²) in [6, 6.07) is 77.0. The Bertz CT molecular complexity index is 4370. The number of furan rings is 2. The zero-order valence-corrected chi connectivity index (χ0v) is 37.4. The minimum absolute atomic E-state index is 0.576. The van der Waals surface area contributed by atoms with Crippen LogP contribution in [0.1, 0.15) is 0 Å². The fourth-order valence-corrected chi connectivity index (χ4v) is 9.81. The van der Waals surface area contributed by atoms with Gasteiger partial charge < -0.3 is 8.83 Å². The van der Waals surface area contributed by atoms with Gasteiger partial charge in [0.2, 0.25) is 0 Å². The maximum Gasteiger partial charge on any atom is 0.164 e. The summed E-state index contributed by atoms with van der Waals surface area (Å²) in [5, 5.41) is 8.89. The third-order valence-corrected chi connectivity index (χ3v) is 13.3. The molecule has 4 aromatic heterocycles. The Hall–Kier alpha value is -9.59. The summed E-state index contributed by atoms with van der Waals surface area (Å²) in [4.78, 5) is 25.7. The van der Waals surface area contributed by atoms with Crippen molar-refractivity contribution < 1.29 is 8.83 Å². The lowest BCUT2D eigenvalue weighted by Gasteiger charge is -2.12. The van der Waals surface area contributed by atoms with Crippen LogP contribution in [0.2, 0.25) is 0 Å². The number of aromatic nitrogens is 5. The van der Waals surface area contributed by atoms with E-state index >= 15 is 0 Å². The van der Waals surface area contributed by atoms with Gasteiger partial charge in [0.1, 0.15) is 22.3 Å². The van der Waals surface area contributed by atoms with Gasteiger partial charge in [-0.3, -0.25) is 0 Å². The zero-order chi connectivity index (χ0) is 46.1. The van der Waals surface area contributed by atoms with Crippen LogP contribution < -0.4 is 0 Å². The molecule has 0 saturated heterocycles. The highest BCUT2D eigenvalue weighted by Crippen LogP contribution is 2.39. The highest BCUT2D eigenvalue weighted by molar-refractivity contribution is 6.19. The Morgan fingerprint density at radius 2 is 0.729 bits per heavy atom. The highest BCUT2D eigenvalue weighted by atomic mass is 16.3. The van der Waals surface area contributed by atoms with Gasteiger partial charge in [0.15, 0.2) is 23.3 Å². The van der Waals surface area contributed by atoms with Crippen LogP contribution in [0.15, 0.2) is 233 Å². The van der Waals surface area contributed by atoms with E-state index in [0.29, 0.717) is 23.3 Å². The average molecular weight is 896 g/mol. The molecule has 0 unspecified atom stereocenters. The van der Waals surface area contributed by atoms with Crippen molar-refractivity contribution in [2.45, 2.75) is 0 Å². The Morgan fingerprint density at radius 3 is 1.46 bits per heavy atom. The third kappa shape index (κ3) is 6.87. The molecule has 0 saturated carbocycles. The predicted molar refractivity (Wildman–Crippen MR) is 283 cm³/mol. The van der Waals surface area contributed by atoms with Crippen molar-refractivity contribution in [2.24, 2.45) is 0 Å². The molecule has 0 radical (unpaired) electrons. The zero-order valence-electron chi connectivity index (χ0n) is 37.4. The van der Waals surface area contributed by atoms with Crippen molar-refractivity contribution in [3.05, 3.63) is 224 Å². The summed E-state index contributed by atoms with van der Waals surface area (Å²) >= 11 is 0. The molecule has 0 atom stereocenters. The Kier molecular flexibility index (Phi) is 9.07. The van der Waals surface area contributed by atoms with Gasteiger partial charge in [-0.25, -0.2) is 24.9 Å². The summed E-state index contributed by atoms with van der Waals surface area (Å²) in [6.07, 6.45) is 0. The Balaban J connectivity index is 0.859. The monoisotopic (exact) mass is 895 g/mol. The van der Waals surface area contributed by atoms with Crippen LogP contribution >= 0.6 is 0 Å². The highest BCUT2D eigenvalue weighted by Gasteiger charge is 2.18. The molecule has 14 rings (SSSR count). The first kappa shape index (κ1) is 39.6. The molecule has 7 nitrogen and oxygen atoms in total. The maximum atomic E-state index is 6.50. The summed E-state index contributed by atoms with van der Waals surface area (Å²) in [5.41, 5.74) is 12.5. The van der Waals surface area contributed by atoms with Crippen LogP contribution in [-0.4, -0.2) is 24.9 Å². The minimum atomic E-state index is 0.576. The Labute approximate surface area is 401 Å². The Morgan fingerprint density at radius 1 is 0.229 bits per heavy atom. The quantitative estimate of drug-likeness (QED) is 0.157. The largest absolute Gasteiger partial charge is 0.456 e. The summed E-state index contributed by atoms with van der Waals surface area (Å²) in [6.45, 7) is 0. The lowest BCUT2D eigenvalue weighted by Crippen LogP contribution is -2.00. The molecule has 0 aliphatic heterocycles. The van der Waals surface area contributed by atoms with Crippen LogP contribution in [-0.2, 0) is 0 Å². The topological polar surface area (TPSA) is 90.7 Å². The van der Waals surface area contributed by atoms with Gasteiger partial charge >= 0.3 is 0 Å². The van der Waals surface area contributed by atoms with E-state index < -0.39 is 0 Å². The molecule has 70 heavy (non-hydrogen) atoms. The van der Waals surface area contributed by atoms with Crippen molar-refractivity contribution in [3.8, 4) is 79.2 Å². The van der Waals surface area contributed by atoms with Crippen molar-refractivity contribution in [1.29, 1.82) is 0 Å². The second kappa shape index (κ2) is 16.0. The van der Waals surface area contributed by atoms with Gasteiger partial charge in [0, 0.05) is 54.9 Å². The molecule has 0 N–H and O–H groups in total. The van der Waals surface area contributed by atoms with Crippen LogP contribution in [0.25, 0.3) is 145 Å². The third-order valence-electron chi connectivity index (χ3n) is 13.3. The smallest absolute Gasteiger partial charge is 0.164 e. The number of nitrogens with zero attached hydrogens (tertiary/aromatic N) is 5. The molecule has 0 fully saturated rings. The van der Waals surface area contributed by atoms with E-state index in [1.165, 1.54) is 5.39 Å². The van der Waals surface area contributed by atoms with Crippen molar-refractivity contribution >= 4 is 65.4 Å². The lowest BCUT2D eigenvalue weighted by molar-refractivity contribution is 0.669. The van der Waals surface area contributed by atoms with Crippen LogP contribution in [0.4, 0.5) is 0 Å². The summed E-state index contributed by atoms with van der Waals surface area (Å²) < 4.78 is 12.8. The number of hydrogen-bond donors (Lipinski definition) is 0. The van der Waals surface area contributed by atoms with E-state index in [9.17, 15) is 0 Å². The lowest BCUT2D eigenvalue weighted by atomic mass is 9.98. The van der Waals surface area contributed by atoms with Gasteiger partial charge in [0.05, 0.1) is 11.4 Å². The standard InChI is InChI=1S/C63H37N5O2/c1-3-14-39(15-4-1)60-64-53(37-54(65-60)46-25-28-50-51-33-43-18-7-8-19-44(43)35-58(51)70-57(50)36-46)45-22-11-20-41(31-45)42-21-12-23-47(32-42)62-66-61(40-16-5-2-6-17-40)67-63(68-62)48-27-29-55-52(34-48)59-49-24-10-9-13-38(49)26-30-56(59)69-55/h1-37H. The molecule has 0 aliphatic rings. The van der Waals surface area contributed by atoms with E-state index in [1.54, 1.807) is 0 Å². The fourth-order valence-electron chi connectivity index (χ4n) is 9.81. The van der Waals surface area contributed by atoms with Gasteiger partial charge in [-0.05, 0) is 99.4 Å². The van der Waals surface area contributed by atoms with E-state index in [2.05, 4.69) is 146 Å². The fraction of sp³-hybridized carbons (Fsp3) is 0. The molecule has 4 heterocycles. The molecule has 10 aromatic carbocycles. The SMILES string of the molecule is c1ccc(-c2nc(-c3cccc(-c4cccc(-c5nc(-c6ccccc6)nc(-c6ccc7oc8ccc9ccccc9c8c7c6)n5)c4)c3)cc(-c3ccc4c(c3)oc3cc5ccccc5cc34)n2)cc1. The number of hydrogen-bond acceptors (Lipinski definition) is 7. The molecular weight excluding hydrogens is 859 g/mol. The second-order valence-corrected chi connectivity index (χ2v) is 17.6. The van der Waals surface area contributed by atoms with Crippen LogP contribution in [0, 0.1) is 0 Å². The van der Waals surface area contributed by atoms with Gasteiger partial charge in [-0.2, -0.15) is 0 Å². The molecule has 0 aliphatic carbocycles. The van der Waals surface area contributed by atoms with Crippen molar-refractivity contribution in [3.63, 3.8) is 0 Å². The molecule has 7 heteroatoms. The van der Waals surface area contributed by atoms with E-state index in [1.807, 2.05) is 78.9 Å². The molecule has 326 valence electrons.